The van der Waals surface area contributed by atoms with Crippen molar-refractivity contribution in [2.75, 3.05) is 6.54 Å². The average molecular weight is 278 g/mol. The Balaban J connectivity index is 2.52. The van der Waals surface area contributed by atoms with E-state index in [4.69, 9.17) is 0 Å². The number of carbonyl (C=O) groups is 1. The minimum absolute atomic E-state index is 0.0133. The summed E-state index contributed by atoms with van der Waals surface area (Å²) in [5.41, 5.74) is 0.786. The zero-order valence-electron chi connectivity index (χ0n) is 12.1. The Hall–Kier alpha value is -1.91. The molecule has 0 bridgehead atoms. The molecule has 110 valence electrons. The van der Waals surface area contributed by atoms with Crippen molar-refractivity contribution in [1.82, 2.24) is 5.32 Å². The number of unbranched alkanes of at least 4 members (excludes halogenated alkanes) is 4. The van der Waals surface area contributed by atoms with Crippen molar-refractivity contribution in [3.05, 3.63) is 39.4 Å². The van der Waals surface area contributed by atoms with Gasteiger partial charge in [0.1, 0.15) is 0 Å². The molecule has 0 heterocycles. The Morgan fingerprint density at radius 2 is 1.95 bits per heavy atom. The fraction of sp³-hybridized carbons (Fsp3) is 0.533. The monoisotopic (exact) mass is 278 g/mol. The van der Waals surface area contributed by atoms with E-state index >= 15 is 0 Å². The van der Waals surface area contributed by atoms with E-state index in [2.05, 4.69) is 12.2 Å². The first-order chi connectivity index (χ1) is 9.57. The van der Waals surface area contributed by atoms with Crippen LogP contribution in [0.1, 0.15) is 54.9 Å². The van der Waals surface area contributed by atoms with Gasteiger partial charge in [0.05, 0.1) is 4.92 Å². The summed E-state index contributed by atoms with van der Waals surface area (Å²) in [6, 6.07) is 4.58. The average Bonchev–Trinajstić information content (AvgIpc) is 2.42. The second-order valence-corrected chi connectivity index (χ2v) is 4.88. The molecule has 0 spiro atoms. The molecule has 1 aromatic rings. The molecule has 1 N–H and O–H groups in total. The number of nitro benzene ring substituents is 1. The van der Waals surface area contributed by atoms with Gasteiger partial charge in [-0.2, -0.15) is 0 Å². The summed E-state index contributed by atoms with van der Waals surface area (Å²) in [6.45, 7) is 4.38. The van der Waals surface area contributed by atoms with Gasteiger partial charge in [-0.25, -0.2) is 0 Å². The van der Waals surface area contributed by atoms with Gasteiger partial charge < -0.3 is 5.32 Å². The van der Waals surface area contributed by atoms with Crippen LogP contribution >= 0.6 is 0 Å². The summed E-state index contributed by atoms with van der Waals surface area (Å²) < 4.78 is 0. The third-order valence-electron chi connectivity index (χ3n) is 3.31. The fourth-order valence-corrected chi connectivity index (χ4v) is 2.09. The van der Waals surface area contributed by atoms with E-state index in [1.807, 2.05) is 0 Å². The molecule has 20 heavy (non-hydrogen) atoms. The molecule has 5 nitrogen and oxygen atoms in total. The number of nitrogens with one attached hydrogen (secondary N) is 1. The van der Waals surface area contributed by atoms with E-state index in [0.717, 1.165) is 12.8 Å². The lowest BCUT2D eigenvalue weighted by Gasteiger charge is -2.07. The standard InChI is InChI=1S/C15H22N2O3/c1-3-4-5-6-7-11-16-15(18)13-9-8-10-14(12(13)2)17(19)20/h8-10H,3-7,11H2,1-2H3,(H,16,18). The van der Waals surface area contributed by atoms with Crippen molar-refractivity contribution in [2.45, 2.75) is 46.0 Å². The van der Waals surface area contributed by atoms with Crippen LogP contribution in [0.5, 0.6) is 0 Å². The highest BCUT2D eigenvalue weighted by Gasteiger charge is 2.17. The number of nitro groups is 1. The number of amides is 1. The molecule has 0 atom stereocenters. The van der Waals surface area contributed by atoms with E-state index in [1.54, 1.807) is 19.1 Å². The van der Waals surface area contributed by atoms with Crippen LogP contribution in [-0.2, 0) is 0 Å². The highest BCUT2D eigenvalue weighted by molar-refractivity contribution is 5.96. The summed E-state index contributed by atoms with van der Waals surface area (Å²) in [5.74, 6) is -0.235. The van der Waals surface area contributed by atoms with Gasteiger partial charge in [0.25, 0.3) is 11.6 Å². The molecule has 0 saturated heterocycles. The lowest BCUT2D eigenvalue weighted by Crippen LogP contribution is -2.25. The predicted octanol–water partition coefficient (Wildman–Crippen LogP) is 3.60. The molecule has 0 aliphatic carbocycles. The number of hydrogen-bond donors (Lipinski definition) is 1. The summed E-state index contributed by atoms with van der Waals surface area (Å²) in [7, 11) is 0. The molecular formula is C15H22N2O3. The quantitative estimate of drug-likeness (QED) is 0.448. The smallest absolute Gasteiger partial charge is 0.273 e. The highest BCUT2D eigenvalue weighted by Crippen LogP contribution is 2.20. The third kappa shape index (κ3) is 4.64. The Kier molecular flexibility index (Phi) is 6.70. The first-order valence-corrected chi connectivity index (χ1v) is 7.10. The highest BCUT2D eigenvalue weighted by atomic mass is 16.6. The van der Waals surface area contributed by atoms with E-state index in [-0.39, 0.29) is 11.6 Å². The molecule has 0 radical (unpaired) electrons. The molecule has 0 unspecified atom stereocenters. The molecule has 1 amide bonds. The van der Waals surface area contributed by atoms with Crippen LogP contribution in [0.2, 0.25) is 0 Å². The summed E-state index contributed by atoms with van der Waals surface area (Å²) in [4.78, 5) is 22.4. The normalized spacial score (nSPS) is 10.3. The van der Waals surface area contributed by atoms with Crippen molar-refractivity contribution in [2.24, 2.45) is 0 Å². The van der Waals surface area contributed by atoms with Crippen LogP contribution in [0.15, 0.2) is 18.2 Å². The predicted molar refractivity (Wildman–Crippen MR) is 78.9 cm³/mol. The first-order valence-electron chi connectivity index (χ1n) is 7.10. The van der Waals surface area contributed by atoms with Gasteiger partial charge in [-0.05, 0) is 19.4 Å². The lowest BCUT2D eigenvalue weighted by atomic mass is 10.1. The molecular weight excluding hydrogens is 256 g/mol. The Morgan fingerprint density at radius 3 is 2.60 bits per heavy atom. The topological polar surface area (TPSA) is 72.2 Å². The maximum atomic E-state index is 12.0. The number of rotatable bonds is 8. The molecule has 0 aliphatic rings. The second kappa shape index (κ2) is 8.30. The largest absolute Gasteiger partial charge is 0.352 e. The van der Waals surface area contributed by atoms with Gasteiger partial charge >= 0.3 is 0 Å². The van der Waals surface area contributed by atoms with Crippen molar-refractivity contribution in [3.63, 3.8) is 0 Å². The Bertz CT molecular complexity index is 472. The van der Waals surface area contributed by atoms with E-state index in [1.165, 1.54) is 25.3 Å². The van der Waals surface area contributed by atoms with Gasteiger partial charge in [-0.1, -0.05) is 38.7 Å². The minimum atomic E-state index is -0.461. The molecule has 1 rings (SSSR count). The lowest BCUT2D eigenvalue weighted by molar-refractivity contribution is -0.385. The Morgan fingerprint density at radius 1 is 1.25 bits per heavy atom. The van der Waals surface area contributed by atoms with Crippen molar-refractivity contribution < 1.29 is 9.72 Å². The first kappa shape index (κ1) is 16.1. The molecule has 0 aliphatic heterocycles. The molecule has 5 heteroatoms. The van der Waals surface area contributed by atoms with Gasteiger partial charge in [0.2, 0.25) is 0 Å². The summed E-state index contributed by atoms with van der Waals surface area (Å²) >= 11 is 0. The Labute approximate surface area is 119 Å². The van der Waals surface area contributed by atoms with Crippen LogP contribution in [-0.4, -0.2) is 17.4 Å². The number of benzene rings is 1. The maximum Gasteiger partial charge on any atom is 0.273 e. The minimum Gasteiger partial charge on any atom is -0.352 e. The zero-order chi connectivity index (χ0) is 15.0. The van der Waals surface area contributed by atoms with E-state index < -0.39 is 4.92 Å². The summed E-state index contributed by atoms with van der Waals surface area (Å²) in [5, 5.41) is 13.7. The van der Waals surface area contributed by atoms with Gasteiger partial charge in [-0.3, -0.25) is 14.9 Å². The molecule has 0 aromatic heterocycles. The number of hydrogen-bond acceptors (Lipinski definition) is 3. The molecule has 1 aromatic carbocycles. The number of carbonyl (C=O) groups excluding carboxylic acids is 1. The maximum absolute atomic E-state index is 12.0. The van der Waals surface area contributed by atoms with Crippen LogP contribution in [0.3, 0.4) is 0 Å². The molecule has 0 fully saturated rings. The third-order valence-corrected chi connectivity index (χ3v) is 3.31. The van der Waals surface area contributed by atoms with Crippen molar-refractivity contribution >= 4 is 11.6 Å². The van der Waals surface area contributed by atoms with Crippen molar-refractivity contribution in [3.8, 4) is 0 Å². The van der Waals surface area contributed by atoms with Gasteiger partial charge in [-0.15, -0.1) is 0 Å². The van der Waals surface area contributed by atoms with Gasteiger partial charge in [0.15, 0.2) is 0 Å². The van der Waals surface area contributed by atoms with Gasteiger partial charge in [0, 0.05) is 23.7 Å². The fourth-order valence-electron chi connectivity index (χ4n) is 2.09. The zero-order valence-corrected chi connectivity index (χ0v) is 12.1. The molecule has 0 saturated carbocycles. The van der Waals surface area contributed by atoms with Crippen molar-refractivity contribution in [1.29, 1.82) is 0 Å². The summed E-state index contributed by atoms with van der Waals surface area (Å²) in [6.07, 6.45) is 5.64. The van der Waals surface area contributed by atoms with Crippen LogP contribution < -0.4 is 5.32 Å². The van der Waals surface area contributed by atoms with Crippen LogP contribution in [0.4, 0.5) is 5.69 Å². The van der Waals surface area contributed by atoms with E-state index in [9.17, 15) is 14.9 Å². The van der Waals surface area contributed by atoms with Crippen LogP contribution in [0.25, 0.3) is 0 Å². The van der Waals surface area contributed by atoms with E-state index in [0.29, 0.717) is 17.7 Å². The number of nitrogens with zero attached hydrogens (tertiary/aromatic N) is 1. The van der Waals surface area contributed by atoms with Crippen LogP contribution in [0, 0.1) is 17.0 Å². The second-order valence-electron chi connectivity index (χ2n) is 4.88. The SMILES string of the molecule is CCCCCCCNC(=O)c1cccc([N+](=O)[O-])c1C.